The monoisotopic (exact) mass is 296 g/mol. The second-order valence-corrected chi connectivity index (χ2v) is 5.04. The number of carbonyl (C=O) groups excluding carboxylic acids is 2. The fraction of sp³-hybridized carbons (Fsp3) is 0.176. The first kappa shape index (κ1) is 14.3. The van der Waals surface area contributed by atoms with E-state index >= 15 is 0 Å². The Bertz CT molecular complexity index is 650. The van der Waals surface area contributed by atoms with E-state index in [2.05, 4.69) is 5.32 Å². The zero-order valence-electron chi connectivity index (χ0n) is 11.9. The summed E-state index contributed by atoms with van der Waals surface area (Å²) < 4.78 is 0. The summed E-state index contributed by atoms with van der Waals surface area (Å²) in [5.74, 6) is -0.347. The van der Waals surface area contributed by atoms with Gasteiger partial charge in [0.2, 0.25) is 5.91 Å². The molecule has 1 fully saturated rings. The summed E-state index contributed by atoms with van der Waals surface area (Å²) in [6.45, 7) is 0.270. The van der Waals surface area contributed by atoms with Crippen LogP contribution in [0, 0.1) is 0 Å². The van der Waals surface area contributed by atoms with Crippen LogP contribution in [0.2, 0.25) is 0 Å². The third kappa shape index (κ3) is 3.15. The summed E-state index contributed by atoms with van der Waals surface area (Å²) in [6.07, 6.45) is -0.156. The van der Waals surface area contributed by atoms with Gasteiger partial charge in [0.15, 0.2) is 0 Å². The molecule has 5 nitrogen and oxygen atoms in total. The number of rotatable bonds is 5. The van der Waals surface area contributed by atoms with Gasteiger partial charge in [-0.25, -0.2) is 0 Å². The quantitative estimate of drug-likeness (QED) is 0.679. The number of nitrogens with zero attached hydrogens (tertiary/aromatic N) is 1. The molecule has 0 bridgehead atoms. The van der Waals surface area contributed by atoms with Crippen molar-refractivity contribution in [2.24, 2.45) is 0 Å². The number of hydrogen-bond donors (Lipinski definition) is 1. The summed E-state index contributed by atoms with van der Waals surface area (Å²) >= 11 is 0. The average Bonchev–Trinajstić information content (AvgIpc) is 2.55. The zero-order valence-corrected chi connectivity index (χ0v) is 11.9. The molecular formula is C17H16N2O3. The van der Waals surface area contributed by atoms with Crippen LogP contribution >= 0.6 is 0 Å². The lowest BCUT2D eigenvalue weighted by Gasteiger charge is -2.36. The first-order chi connectivity index (χ1) is 10.7. The molecule has 1 saturated heterocycles. The third-order valence-corrected chi connectivity index (χ3v) is 3.42. The van der Waals surface area contributed by atoms with Crippen molar-refractivity contribution in [3.63, 3.8) is 0 Å². The minimum atomic E-state index is -0.413. The molecule has 0 spiro atoms. The van der Waals surface area contributed by atoms with Crippen LogP contribution in [0.4, 0.5) is 0 Å². The number of hydrogen-bond acceptors (Lipinski definition) is 3. The minimum absolute atomic E-state index is 0.0841. The van der Waals surface area contributed by atoms with E-state index < -0.39 is 6.17 Å². The lowest BCUT2D eigenvalue weighted by atomic mass is 10.1. The summed E-state index contributed by atoms with van der Waals surface area (Å²) in [6, 6.07) is 18.5. The van der Waals surface area contributed by atoms with E-state index in [-0.39, 0.29) is 24.8 Å². The second-order valence-electron chi connectivity index (χ2n) is 5.04. The normalized spacial score (nSPS) is 16.5. The molecule has 0 aliphatic carbocycles. The van der Waals surface area contributed by atoms with Gasteiger partial charge in [-0.2, -0.15) is 5.06 Å². The third-order valence-electron chi connectivity index (χ3n) is 3.42. The lowest BCUT2D eigenvalue weighted by Crippen LogP contribution is -2.59. The van der Waals surface area contributed by atoms with Crippen molar-refractivity contribution >= 4 is 11.8 Å². The van der Waals surface area contributed by atoms with Crippen molar-refractivity contribution in [2.45, 2.75) is 19.2 Å². The molecular weight excluding hydrogens is 280 g/mol. The molecule has 2 aromatic rings. The van der Waals surface area contributed by atoms with Crippen LogP contribution in [-0.4, -0.2) is 23.0 Å². The number of carbonyl (C=O) groups is 2. The highest BCUT2D eigenvalue weighted by Crippen LogP contribution is 2.17. The average molecular weight is 296 g/mol. The molecule has 1 heterocycles. The summed E-state index contributed by atoms with van der Waals surface area (Å²) in [7, 11) is 0. The van der Waals surface area contributed by atoms with Gasteiger partial charge in [0.05, 0.1) is 6.42 Å². The Hall–Kier alpha value is -2.66. The van der Waals surface area contributed by atoms with Crippen molar-refractivity contribution in [2.75, 3.05) is 0 Å². The van der Waals surface area contributed by atoms with E-state index in [1.807, 2.05) is 36.4 Å². The summed E-state index contributed by atoms with van der Waals surface area (Å²) in [5.41, 5.74) is 1.48. The van der Waals surface area contributed by atoms with E-state index in [9.17, 15) is 9.59 Å². The van der Waals surface area contributed by atoms with Gasteiger partial charge in [0.25, 0.3) is 5.91 Å². The highest BCUT2D eigenvalue weighted by atomic mass is 16.7. The largest absolute Gasteiger partial charge is 0.333 e. The maximum absolute atomic E-state index is 12.6. The van der Waals surface area contributed by atoms with Gasteiger partial charge in [-0.15, -0.1) is 0 Å². The Balaban J connectivity index is 1.72. The Morgan fingerprint density at radius 1 is 1.09 bits per heavy atom. The van der Waals surface area contributed by atoms with E-state index in [4.69, 9.17) is 4.84 Å². The summed E-state index contributed by atoms with van der Waals surface area (Å²) in [4.78, 5) is 29.4. The molecule has 0 aromatic heterocycles. The van der Waals surface area contributed by atoms with Crippen molar-refractivity contribution in [3.8, 4) is 0 Å². The van der Waals surface area contributed by atoms with E-state index in [0.717, 1.165) is 5.56 Å². The van der Waals surface area contributed by atoms with Gasteiger partial charge in [-0.05, 0) is 17.7 Å². The van der Waals surface area contributed by atoms with Crippen molar-refractivity contribution in [3.05, 3.63) is 71.8 Å². The smallest absolute Gasteiger partial charge is 0.279 e. The molecule has 0 unspecified atom stereocenters. The molecule has 5 heteroatoms. The zero-order chi connectivity index (χ0) is 15.4. The van der Waals surface area contributed by atoms with Crippen LogP contribution in [0.15, 0.2) is 60.7 Å². The number of benzene rings is 2. The van der Waals surface area contributed by atoms with Crippen molar-refractivity contribution in [1.82, 2.24) is 10.4 Å². The first-order valence-electron chi connectivity index (χ1n) is 7.09. The van der Waals surface area contributed by atoms with Crippen LogP contribution in [0.3, 0.4) is 0 Å². The predicted octanol–water partition coefficient (Wildman–Crippen LogP) is 2.11. The predicted molar refractivity (Wildman–Crippen MR) is 80.4 cm³/mol. The fourth-order valence-electron chi connectivity index (χ4n) is 2.20. The van der Waals surface area contributed by atoms with Gasteiger partial charge < -0.3 is 5.32 Å². The standard InChI is InChI=1S/C17H16N2O3/c20-16-11-15(18-16)19(17(21)14-9-5-2-6-10-14)22-12-13-7-3-1-4-8-13/h1-10,15H,11-12H2,(H,18,20)/t15-/m0/s1. The fourth-order valence-corrected chi connectivity index (χ4v) is 2.20. The maximum atomic E-state index is 12.6. The van der Waals surface area contributed by atoms with Crippen LogP contribution < -0.4 is 5.32 Å². The molecule has 0 radical (unpaired) electrons. The number of nitrogens with one attached hydrogen (secondary N) is 1. The van der Waals surface area contributed by atoms with Gasteiger partial charge >= 0.3 is 0 Å². The first-order valence-corrected chi connectivity index (χ1v) is 7.09. The number of amides is 2. The van der Waals surface area contributed by atoms with Crippen molar-refractivity contribution < 1.29 is 14.4 Å². The highest BCUT2D eigenvalue weighted by Gasteiger charge is 2.35. The maximum Gasteiger partial charge on any atom is 0.279 e. The topological polar surface area (TPSA) is 58.6 Å². The highest BCUT2D eigenvalue weighted by molar-refractivity contribution is 5.95. The van der Waals surface area contributed by atoms with Crippen LogP contribution in [-0.2, 0) is 16.2 Å². The van der Waals surface area contributed by atoms with Gasteiger partial charge in [-0.3, -0.25) is 14.4 Å². The van der Waals surface area contributed by atoms with E-state index in [0.29, 0.717) is 5.56 Å². The molecule has 2 aromatic carbocycles. The number of hydroxylamine groups is 2. The minimum Gasteiger partial charge on any atom is -0.333 e. The van der Waals surface area contributed by atoms with Gasteiger partial charge in [0, 0.05) is 5.56 Å². The SMILES string of the molecule is O=C1C[C@H](N(OCc2ccccc2)C(=O)c2ccccc2)N1. The summed E-state index contributed by atoms with van der Waals surface area (Å²) in [5, 5.41) is 3.92. The molecule has 1 atom stereocenters. The van der Waals surface area contributed by atoms with Crippen LogP contribution in [0.1, 0.15) is 22.3 Å². The molecule has 1 aliphatic rings. The molecule has 3 rings (SSSR count). The van der Waals surface area contributed by atoms with Gasteiger partial charge in [-0.1, -0.05) is 48.5 Å². The Labute approximate surface area is 128 Å². The molecule has 1 N–H and O–H groups in total. The van der Waals surface area contributed by atoms with E-state index in [1.54, 1.807) is 24.3 Å². The molecule has 0 saturated carbocycles. The molecule has 2 amide bonds. The number of β-lactam (4-membered cyclic amide) rings is 1. The lowest BCUT2D eigenvalue weighted by molar-refractivity contribution is -0.184. The van der Waals surface area contributed by atoms with Crippen LogP contribution in [0.25, 0.3) is 0 Å². The molecule has 22 heavy (non-hydrogen) atoms. The van der Waals surface area contributed by atoms with Crippen LogP contribution in [0.5, 0.6) is 0 Å². The Kier molecular flexibility index (Phi) is 4.16. The molecule has 1 aliphatic heterocycles. The van der Waals surface area contributed by atoms with Gasteiger partial charge in [0.1, 0.15) is 12.8 Å². The second kappa shape index (κ2) is 6.41. The van der Waals surface area contributed by atoms with E-state index in [1.165, 1.54) is 5.06 Å². The molecule has 112 valence electrons. The Morgan fingerprint density at radius 3 is 2.27 bits per heavy atom. The van der Waals surface area contributed by atoms with Crippen molar-refractivity contribution in [1.29, 1.82) is 0 Å². The Morgan fingerprint density at radius 2 is 1.68 bits per heavy atom.